The number of nitrogen functional groups attached to an aromatic ring is 1. The maximum Gasteiger partial charge on any atom is 0.233 e. The van der Waals surface area contributed by atoms with Gasteiger partial charge in [-0.05, 0) is 25.2 Å². The summed E-state index contributed by atoms with van der Waals surface area (Å²) < 4.78 is 7.98. The quantitative estimate of drug-likeness (QED) is 0.723. The van der Waals surface area contributed by atoms with E-state index in [0.29, 0.717) is 22.8 Å². The predicted octanol–water partition coefficient (Wildman–Crippen LogP) is 3.63. The highest BCUT2D eigenvalue weighted by molar-refractivity contribution is 7.71. The van der Waals surface area contributed by atoms with Crippen LogP contribution in [0.4, 0.5) is 5.82 Å². The lowest BCUT2D eigenvalue weighted by atomic mass is 10.2. The monoisotopic (exact) mass is 271 g/mol. The first kappa shape index (κ1) is 11.9. The number of hydrogen-bond acceptors (Lipinski definition) is 4. The molecule has 0 atom stereocenters. The zero-order chi connectivity index (χ0) is 13.4. The summed E-state index contributed by atoms with van der Waals surface area (Å²) in [5.74, 6) is 1.35. The van der Waals surface area contributed by atoms with Crippen LogP contribution in [0.15, 0.2) is 40.8 Å². The summed E-state index contributed by atoms with van der Waals surface area (Å²) in [6, 6.07) is 11.8. The third kappa shape index (κ3) is 1.92. The van der Waals surface area contributed by atoms with E-state index in [-0.39, 0.29) is 0 Å². The number of anilines is 1. The Hall–Kier alpha value is -2.14. The number of nitrogens with zero attached hydrogens (tertiary/aromatic N) is 2. The van der Waals surface area contributed by atoms with Gasteiger partial charge in [0.2, 0.25) is 10.5 Å². The van der Waals surface area contributed by atoms with Crippen molar-refractivity contribution in [2.24, 2.45) is 0 Å². The first-order valence-electron chi connectivity index (χ1n) is 6.06. The molecule has 0 unspecified atom stereocenters. The molecule has 5 heteroatoms. The van der Waals surface area contributed by atoms with Crippen LogP contribution in [0.3, 0.4) is 0 Å². The average Bonchev–Trinajstić information content (AvgIpc) is 2.84. The molecule has 0 saturated heterocycles. The van der Waals surface area contributed by atoms with Gasteiger partial charge in [0.05, 0.1) is 5.39 Å². The van der Waals surface area contributed by atoms with Gasteiger partial charge in [-0.3, -0.25) is 0 Å². The van der Waals surface area contributed by atoms with Gasteiger partial charge in [-0.1, -0.05) is 30.3 Å². The topological polar surface area (TPSA) is 57.0 Å². The molecular weight excluding hydrogens is 258 g/mol. The SMILES string of the molecule is CCn1c(N)c2cc(-c3ccccc3)oc2nc1=S. The highest BCUT2D eigenvalue weighted by atomic mass is 32.1. The summed E-state index contributed by atoms with van der Waals surface area (Å²) in [4.78, 5) is 4.28. The van der Waals surface area contributed by atoms with Gasteiger partial charge in [0.15, 0.2) is 0 Å². The van der Waals surface area contributed by atoms with Crippen molar-refractivity contribution in [1.29, 1.82) is 0 Å². The van der Waals surface area contributed by atoms with Gasteiger partial charge in [-0.15, -0.1) is 0 Å². The van der Waals surface area contributed by atoms with Crippen LogP contribution in [0, 0.1) is 4.77 Å². The Labute approximate surface area is 115 Å². The number of hydrogen-bond donors (Lipinski definition) is 1. The molecule has 0 aliphatic rings. The number of fused-ring (bicyclic) bond motifs is 1. The fourth-order valence-electron chi connectivity index (χ4n) is 2.09. The van der Waals surface area contributed by atoms with Crippen molar-refractivity contribution in [3.05, 3.63) is 41.2 Å². The molecule has 0 spiro atoms. The van der Waals surface area contributed by atoms with Crippen molar-refractivity contribution >= 4 is 29.1 Å². The van der Waals surface area contributed by atoms with Crippen LogP contribution in [0.5, 0.6) is 0 Å². The van der Waals surface area contributed by atoms with Gasteiger partial charge in [-0.2, -0.15) is 4.98 Å². The van der Waals surface area contributed by atoms with Crippen LogP contribution in [0.2, 0.25) is 0 Å². The zero-order valence-electron chi connectivity index (χ0n) is 10.5. The minimum absolute atomic E-state index is 0.446. The van der Waals surface area contributed by atoms with Crippen LogP contribution >= 0.6 is 12.2 Å². The summed E-state index contributed by atoms with van der Waals surface area (Å²) >= 11 is 5.20. The lowest BCUT2D eigenvalue weighted by Gasteiger charge is -2.06. The lowest BCUT2D eigenvalue weighted by Crippen LogP contribution is -2.06. The maximum absolute atomic E-state index is 6.12. The van der Waals surface area contributed by atoms with Gasteiger partial charge in [0, 0.05) is 12.1 Å². The normalized spacial score (nSPS) is 11.0. The molecule has 0 fully saturated rings. The molecule has 96 valence electrons. The molecule has 2 heterocycles. The van der Waals surface area contributed by atoms with E-state index in [4.69, 9.17) is 22.4 Å². The molecule has 19 heavy (non-hydrogen) atoms. The van der Waals surface area contributed by atoms with E-state index >= 15 is 0 Å². The van der Waals surface area contributed by atoms with E-state index in [1.807, 2.05) is 43.3 Å². The van der Waals surface area contributed by atoms with Gasteiger partial charge >= 0.3 is 0 Å². The van der Waals surface area contributed by atoms with Gasteiger partial charge in [0.25, 0.3) is 0 Å². The molecular formula is C14H13N3OS. The molecule has 0 saturated carbocycles. The van der Waals surface area contributed by atoms with E-state index < -0.39 is 0 Å². The minimum Gasteiger partial charge on any atom is -0.437 e. The Morgan fingerprint density at radius 2 is 2.05 bits per heavy atom. The first-order valence-corrected chi connectivity index (χ1v) is 6.47. The number of furan rings is 1. The van der Waals surface area contributed by atoms with Gasteiger partial charge in [0.1, 0.15) is 11.6 Å². The summed E-state index contributed by atoms with van der Waals surface area (Å²) in [6.07, 6.45) is 0. The van der Waals surface area contributed by atoms with E-state index in [2.05, 4.69) is 4.98 Å². The standard InChI is InChI=1S/C14H13N3OS/c1-2-17-12(15)10-8-11(9-6-4-3-5-7-9)18-13(10)16-14(17)19/h3-8H,2,15H2,1H3. The van der Waals surface area contributed by atoms with E-state index in [0.717, 1.165) is 16.7 Å². The molecule has 3 rings (SSSR count). The smallest absolute Gasteiger partial charge is 0.233 e. The van der Waals surface area contributed by atoms with Crippen LogP contribution in [-0.4, -0.2) is 9.55 Å². The van der Waals surface area contributed by atoms with Crippen molar-refractivity contribution in [2.45, 2.75) is 13.5 Å². The van der Waals surface area contributed by atoms with Crippen LogP contribution in [-0.2, 0) is 6.54 Å². The van der Waals surface area contributed by atoms with Crippen molar-refractivity contribution in [3.8, 4) is 11.3 Å². The van der Waals surface area contributed by atoms with Crippen molar-refractivity contribution in [2.75, 3.05) is 5.73 Å². The van der Waals surface area contributed by atoms with Gasteiger partial charge in [-0.25, -0.2) is 0 Å². The molecule has 0 bridgehead atoms. The molecule has 4 nitrogen and oxygen atoms in total. The van der Waals surface area contributed by atoms with Crippen LogP contribution < -0.4 is 5.73 Å². The van der Waals surface area contributed by atoms with Crippen molar-refractivity contribution < 1.29 is 4.42 Å². The fraction of sp³-hybridized carbons (Fsp3) is 0.143. The summed E-state index contributed by atoms with van der Waals surface area (Å²) in [6.45, 7) is 2.68. The molecule has 0 aliphatic carbocycles. The van der Waals surface area contributed by atoms with Crippen LogP contribution in [0.25, 0.3) is 22.4 Å². The fourth-order valence-corrected chi connectivity index (χ4v) is 2.40. The number of aromatic nitrogens is 2. The van der Waals surface area contributed by atoms with E-state index in [9.17, 15) is 0 Å². The summed E-state index contributed by atoms with van der Waals surface area (Å²) in [5, 5.41) is 0.800. The number of benzene rings is 1. The van der Waals surface area contributed by atoms with Crippen LogP contribution in [0.1, 0.15) is 6.92 Å². The average molecular weight is 271 g/mol. The second-order valence-corrected chi connectivity index (χ2v) is 4.58. The highest BCUT2D eigenvalue weighted by Gasteiger charge is 2.12. The third-order valence-corrected chi connectivity index (χ3v) is 3.39. The second kappa shape index (κ2) is 4.51. The Morgan fingerprint density at radius 3 is 2.74 bits per heavy atom. The van der Waals surface area contributed by atoms with Crippen molar-refractivity contribution in [3.63, 3.8) is 0 Å². The molecule has 0 aliphatic heterocycles. The molecule has 2 N–H and O–H groups in total. The molecule has 2 aromatic heterocycles. The summed E-state index contributed by atoms with van der Waals surface area (Å²) in [5.41, 5.74) is 7.60. The highest BCUT2D eigenvalue weighted by Crippen LogP contribution is 2.29. The largest absolute Gasteiger partial charge is 0.437 e. The maximum atomic E-state index is 6.12. The Balaban J connectivity index is 2.27. The first-order chi connectivity index (χ1) is 9.20. The van der Waals surface area contributed by atoms with Crippen molar-refractivity contribution in [1.82, 2.24) is 9.55 Å². The predicted molar refractivity (Wildman–Crippen MR) is 78.4 cm³/mol. The Morgan fingerprint density at radius 1 is 1.32 bits per heavy atom. The third-order valence-electron chi connectivity index (χ3n) is 3.08. The Bertz CT molecular complexity index is 790. The zero-order valence-corrected chi connectivity index (χ0v) is 11.3. The second-order valence-electron chi connectivity index (χ2n) is 4.22. The minimum atomic E-state index is 0.446. The summed E-state index contributed by atoms with van der Waals surface area (Å²) in [7, 11) is 0. The molecule has 1 aromatic carbocycles. The molecule has 3 aromatic rings. The van der Waals surface area contributed by atoms with E-state index in [1.54, 1.807) is 4.57 Å². The molecule has 0 radical (unpaired) electrons. The Kier molecular flexibility index (Phi) is 2.83. The van der Waals surface area contributed by atoms with E-state index in [1.165, 1.54) is 0 Å². The molecule has 0 amide bonds. The number of rotatable bonds is 2. The van der Waals surface area contributed by atoms with Gasteiger partial charge < -0.3 is 14.7 Å². The lowest BCUT2D eigenvalue weighted by molar-refractivity contribution is 0.611. The number of nitrogens with two attached hydrogens (primary N) is 1.